The van der Waals surface area contributed by atoms with Crippen LogP contribution in [0.5, 0.6) is 5.75 Å². The number of rotatable bonds is 4. The number of benzene rings is 2. The molecule has 3 aromatic rings. The van der Waals surface area contributed by atoms with Gasteiger partial charge >= 0.3 is 0 Å². The predicted octanol–water partition coefficient (Wildman–Crippen LogP) is 1.50. The topological polar surface area (TPSA) is 63.5 Å². The number of piperazine rings is 1. The van der Waals surface area contributed by atoms with Crippen LogP contribution in [0.25, 0.3) is 10.9 Å². The minimum absolute atomic E-state index is 0.0756. The molecule has 1 fully saturated rings. The fraction of sp³-hybridized carbons (Fsp3) is 0.381. The lowest BCUT2D eigenvalue weighted by Crippen LogP contribution is -2.47. The summed E-state index contributed by atoms with van der Waals surface area (Å²) in [5.74, 6) is 1.04. The molecule has 0 amide bonds. The number of hydrogen-bond donors (Lipinski definition) is 0. The lowest BCUT2D eigenvalue weighted by molar-refractivity contribution is 0.0961. The second-order valence-corrected chi connectivity index (χ2v) is 7.49. The third-order valence-electron chi connectivity index (χ3n) is 5.59. The Morgan fingerprint density at radius 2 is 1.82 bits per heavy atom. The van der Waals surface area contributed by atoms with Crippen molar-refractivity contribution < 1.29 is 4.74 Å². The average molecular weight is 377 g/mol. The molecule has 2 aliphatic rings. The molecule has 2 aliphatic heterocycles. The van der Waals surface area contributed by atoms with Crippen molar-refractivity contribution >= 4 is 10.9 Å². The van der Waals surface area contributed by atoms with Gasteiger partial charge in [0.1, 0.15) is 11.3 Å². The molecule has 0 saturated carbocycles. The Labute approximate surface area is 163 Å². The summed E-state index contributed by atoms with van der Waals surface area (Å²) in [5.41, 5.74) is 3.24. The van der Waals surface area contributed by atoms with Crippen LogP contribution in [0, 0.1) is 0 Å². The second-order valence-electron chi connectivity index (χ2n) is 7.49. The lowest BCUT2D eigenvalue weighted by Gasteiger charge is -2.34. The third kappa shape index (κ3) is 3.39. The number of aromatic nitrogens is 3. The molecule has 7 heteroatoms. The fourth-order valence-corrected chi connectivity index (χ4v) is 3.99. The van der Waals surface area contributed by atoms with Gasteiger partial charge in [-0.05, 0) is 29.3 Å². The first-order valence-corrected chi connectivity index (χ1v) is 9.78. The highest BCUT2D eigenvalue weighted by Crippen LogP contribution is 2.26. The molecule has 0 unspecified atom stereocenters. The molecule has 1 saturated heterocycles. The largest absolute Gasteiger partial charge is 0.493 e. The van der Waals surface area contributed by atoms with Crippen LogP contribution in [0.1, 0.15) is 11.1 Å². The maximum atomic E-state index is 12.6. The fourth-order valence-electron chi connectivity index (χ4n) is 3.99. The van der Waals surface area contributed by atoms with Gasteiger partial charge in [-0.1, -0.05) is 29.5 Å². The maximum Gasteiger partial charge on any atom is 0.278 e. The molecule has 7 nitrogen and oxygen atoms in total. The van der Waals surface area contributed by atoms with Gasteiger partial charge in [0.2, 0.25) is 0 Å². The molecule has 0 spiro atoms. The quantitative estimate of drug-likeness (QED) is 0.687. The van der Waals surface area contributed by atoms with Gasteiger partial charge in [-0.25, -0.2) is 0 Å². The molecular weight excluding hydrogens is 354 g/mol. The van der Waals surface area contributed by atoms with E-state index < -0.39 is 0 Å². The molecule has 0 bridgehead atoms. The van der Waals surface area contributed by atoms with Crippen molar-refractivity contribution in [2.24, 2.45) is 0 Å². The van der Waals surface area contributed by atoms with E-state index in [1.165, 1.54) is 15.8 Å². The first-order valence-electron chi connectivity index (χ1n) is 9.78. The van der Waals surface area contributed by atoms with Gasteiger partial charge in [0.05, 0.1) is 18.7 Å². The van der Waals surface area contributed by atoms with Crippen molar-refractivity contribution in [3.63, 3.8) is 0 Å². The van der Waals surface area contributed by atoms with Crippen molar-refractivity contribution in [3.05, 3.63) is 63.9 Å². The molecule has 144 valence electrons. The predicted molar refractivity (Wildman–Crippen MR) is 106 cm³/mol. The zero-order valence-electron chi connectivity index (χ0n) is 15.8. The van der Waals surface area contributed by atoms with Gasteiger partial charge < -0.3 is 4.74 Å². The Balaban J connectivity index is 1.21. The molecule has 2 aromatic carbocycles. The second kappa shape index (κ2) is 7.33. The summed E-state index contributed by atoms with van der Waals surface area (Å²) in [6.07, 6.45) is 1.01. The zero-order chi connectivity index (χ0) is 18.9. The smallest absolute Gasteiger partial charge is 0.278 e. The van der Waals surface area contributed by atoms with Crippen molar-refractivity contribution in [1.82, 2.24) is 24.8 Å². The van der Waals surface area contributed by atoms with Crippen LogP contribution in [0.2, 0.25) is 0 Å². The Kier molecular flexibility index (Phi) is 4.54. The summed E-state index contributed by atoms with van der Waals surface area (Å²) in [6, 6.07) is 13.9. The molecule has 1 aromatic heterocycles. The van der Waals surface area contributed by atoms with Crippen LogP contribution in [-0.2, 0) is 19.6 Å². The van der Waals surface area contributed by atoms with E-state index in [1.54, 1.807) is 0 Å². The van der Waals surface area contributed by atoms with Gasteiger partial charge in [0, 0.05) is 39.1 Å². The van der Waals surface area contributed by atoms with Crippen molar-refractivity contribution in [2.75, 3.05) is 32.8 Å². The molecule has 0 aliphatic carbocycles. The van der Waals surface area contributed by atoms with Gasteiger partial charge in [-0.2, -0.15) is 4.68 Å². The van der Waals surface area contributed by atoms with Gasteiger partial charge in [0.15, 0.2) is 0 Å². The van der Waals surface area contributed by atoms with Crippen LogP contribution >= 0.6 is 0 Å². The van der Waals surface area contributed by atoms with Crippen LogP contribution in [0.3, 0.4) is 0 Å². The van der Waals surface area contributed by atoms with E-state index in [1.807, 2.05) is 24.3 Å². The highest BCUT2D eigenvalue weighted by Gasteiger charge is 2.19. The van der Waals surface area contributed by atoms with Crippen molar-refractivity contribution in [1.29, 1.82) is 0 Å². The summed E-state index contributed by atoms with van der Waals surface area (Å²) in [6.45, 7) is 6.02. The van der Waals surface area contributed by atoms with Crippen LogP contribution in [0.15, 0.2) is 47.3 Å². The molecule has 0 atom stereocenters. The first-order chi connectivity index (χ1) is 13.8. The van der Waals surface area contributed by atoms with E-state index in [0.717, 1.165) is 51.5 Å². The molecule has 5 rings (SSSR count). The van der Waals surface area contributed by atoms with E-state index in [2.05, 4.69) is 38.3 Å². The highest BCUT2D eigenvalue weighted by atomic mass is 16.5. The lowest BCUT2D eigenvalue weighted by atomic mass is 10.1. The number of ether oxygens (including phenoxy) is 1. The van der Waals surface area contributed by atoms with E-state index in [-0.39, 0.29) is 5.56 Å². The number of fused-ring (bicyclic) bond motifs is 2. The summed E-state index contributed by atoms with van der Waals surface area (Å²) in [4.78, 5) is 17.3. The van der Waals surface area contributed by atoms with Gasteiger partial charge in [-0.15, -0.1) is 5.10 Å². The zero-order valence-corrected chi connectivity index (χ0v) is 15.8. The van der Waals surface area contributed by atoms with Crippen molar-refractivity contribution in [3.8, 4) is 5.75 Å². The minimum atomic E-state index is -0.0756. The molecular formula is C21H23N5O2. The summed E-state index contributed by atoms with van der Waals surface area (Å²) in [7, 11) is 0. The third-order valence-corrected chi connectivity index (χ3v) is 5.59. The summed E-state index contributed by atoms with van der Waals surface area (Å²) in [5, 5.41) is 8.90. The van der Waals surface area contributed by atoms with Crippen molar-refractivity contribution in [2.45, 2.75) is 19.6 Å². The van der Waals surface area contributed by atoms with Gasteiger partial charge in [0.25, 0.3) is 5.56 Å². The Morgan fingerprint density at radius 3 is 2.71 bits per heavy atom. The minimum Gasteiger partial charge on any atom is -0.493 e. The van der Waals surface area contributed by atoms with E-state index in [9.17, 15) is 4.79 Å². The Hall–Kier alpha value is -2.77. The monoisotopic (exact) mass is 377 g/mol. The first kappa shape index (κ1) is 17.3. The molecule has 28 heavy (non-hydrogen) atoms. The number of hydrogen-bond acceptors (Lipinski definition) is 6. The number of nitrogens with zero attached hydrogens (tertiary/aromatic N) is 5. The summed E-state index contributed by atoms with van der Waals surface area (Å²) >= 11 is 0. The van der Waals surface area contributed by atoms with Crippen LogP contribution < -0.4 is 10.3 Å². The van der Waals surface area contributed by atoms with Crippen LogP contribution in [0.4, 0.5) is 0 Å². The molecule has 0 N–H and O–H groups in total. The Bertz CT molecular complexity index is 1060. The van der Waals surface area contributed by atoms with E-state index >= 15 is 0 Å². The van der Waals surface area contributed by atoms with Crippen LogP contribution in [-0.4, -0.2) is 57.6 Å². The Morgan fingerprint density at radius 1 is 1.00 bits per heavy atom. The molecule has 0 radical (unpaired) electrons. The molecule has 3 heterocycles. The SMILES string of the molecule is O=c1c2ccccc2nnn1CN1CCN(Cc2ccc3c(c2)CCO3)CC1. The van der Waals surface area contributed by atoms with E-state index in [4.69, 9.17) is 4.74 Å². The maximum absolute atomic E-state index is 12.6. The summed E-state index contributed by atoms with van der Waals surface area (Å²) < 4.78 is 7.06. The standard InChI is InChI=1S/C21H23N5O2/c27-21-18-3-1-2-4-19(18)22-23-26(21)15-25-10-8-24(9-11-25)14-16-5-6-20-17(13-16)7-12-28-20/h1-6,13H,7-12,14-15H2. The van der Waals surface area contributed by atoms with Gasteiger partial charge in [-0.3, -0.25) is 14.6 Å². The average Bonchev–Trinajstić information content (AvgIpc) is 3.20. The van der Waals surface area contributed by atoms with E-state index in [0.29, 0.717) is 17.6 Å². The normalized spacial score (nSPS) is 17.6. The highest BCUT2D eigenvalue weighted by molar-refractivity contribution is 5.76.